The van der Waals surface area contributed by atoms with Crippen molar-refractivity contribution in [1.29, 1.82) is 0 Å². The molecule has 0 saturated heterocycles. The van der Waals surface area contributed by atoms with E-state index in [0.717, 1.165) is 27.0 Å². The summed E-state index contributed by atoms with van der Waals surface area (Å²) in [6.07, 6.45) is 8.09. The van der Waals surface area contributed by atoms with Crippen LogP contribution in [-0.2, 0) is 0 Å². The fraction of sp³-hybridized carbons (Fsp3) is 0. The normalized spacial score (nSPS) is 11.9. The second kappa shape index (κ2) is 4.90. The second-order valence-corrected chi connectivity index (χ2v) is 5.84. The number of nitrogens with one attached hydrogen (secondary N) is 1. The maximum atomic E-state index is 4.55. The molecule has 0 unspecified atom stereocenters. The summed E-state index contributed by atoms with van der Waals surface area (Å²) >= 11 is 3.49. The van der Waals surface area contributed by atoms with Gasteiger partial charge in [-0.25, -0.2) is 4.98 Å². The molecule has 0 spiro atoms. The maximum absolute atomic E-state index is 4.55. The first-order valence-electron chi connectivity index (χ1n) is 6.68. The fourth-order valence-electron chi connectivity index (χ4n) is 2.42. The summed E-state index contributed by atoms with van der Waals surface area (Å²) in [5.41, 5.74) is 4.10. The van der Waals surface area contributed by atoms with Crippen LogP contribution in [0.15, 0.2) is 59.3 Å². The molecule has 4 aromatic rings. The highest BCUT2D eigenvalue weighted by atomic mass is 79.9. The van der Waals surface area contributed by atoms with E-state index in [9.17, 15) is 0 Å². The zero-order valence-electron chi connectivity index (χ0n) is 11.1. The Labute approximate surface area is 130 Å². The Bertz CT molecular complexity index is 929. The molecule has 0 fully saturated rings. The van der Waals surface area contributed by atoms with E-state index in [0.29, 0.717) is 0 Å². The first-order valence-corrected chi connectivity index (χ1v) is 7.47. The van der Waals surface area contributed by atoms with Gasteiger partial charge in [-0.1, -0.05) is 28.1 Å². The largest absolute Gasteiger partial charge is 0.355 e. The van der Waals surface area contributed by atoms with Crippen LogP contribution < -0.4 is 0 Å². The molecular weight excluding hydrogens is 326 g/mol. The van der Waals surface area contributed by atoms with Gasteiger partial charge in [-0.15, -0.1) is 0 Å². The van der Waals surface area contributed by atoms with Gasteiger partial charge < -0.3 is 9.38 Å². The van der Waals surface area contributed by atoms with Crippen molar-refractivity contribution in [2.75, 3.05) is 0 Å². The van der Waals surface area contributed by atoms with E-state index >= 15 is 0 Å². The molecule has 102 valence electrons. The second-order valence-electron chi connectivity index (χ2n) is 4.92. The number of aromatic nitrogens is 3. The molecule has 4 rings (SSSR count). The molecule has 0 aliphatic rings. The number of hydrogen-bond donors (Lipinski definition) is 1. The summed E-state index contributed by atoms with van der Waals surface area (Å²) < 4.78 is 3.09. The van der Waals surface area contributed by atoms with Gasteiger partial charge in [0.1, 0.15) is 5.65 Å². The Morgan fingerprint density at radius 3 is 2.95 bits per heavy atom. The molecule has 0 bridgehead atoms. The summed E-state index contributed by atoms with van der Waals surface area (Å²) in [5, 5.41) is 1.20. The molecule has 0 saturated carbocycles. The van der Waals surface area contributed by atoms with Crippen LogP contribution in [0.1, 0.15) is 11.4 Å². The van der Waals surface area contributed by atoms with Crippen LogP contribution in [0.5, 0.6) is 0 Å². The molecule has 3 nitrogen and oxygen atoms in total. The van der Waals surface area contributed by atoms with Gasteiger partial charge in [-0.3, -0.25) is 0 Å². The molecule has 21 heavy (non-hydrogen) atoms. The van der Waals surface area contributed by atoms with Crippen molar-refractivity contribution in [3.8, 4) is 0 Å². The lowest BCUT2D eigenvalue weighted by Crippen LogP contribution is -1.77. The van der Waals surface area contributed by atoms with E-state index in [1.54, 1.807) is 0 Å². The highest BCUT2D eigenvalue weighted by Gasteiger charge is 2.00. The smallest absolute Gasteiger partial charge is 0.137 e. The molecule has 4 heteroatoms. The van der Waals surface area contributed by atoms with E-state index < -0.39 is 0 Å². The van der Waals surface area contributed by atoms with Crippen LogP contribution in [0.2, 0.25) is 0 Å². The maximum Gasteiger partial charge on any atom is 0.137 e. The van der Waals surface area contributed by atoms with E-state index in [1.807, 2.05) is 47.1 Å². The van der Waals surface area contributed by atoms with Gasteiger partial charge in [-0.2, -0.15) is 0 Å². The van der Waals surface area contributed by atoms with Crippen LogP contribution >= 0.6 is 15.9 Å². The quantitative estimate of drug-likeness (QED) is 0.562. The van der Waals surface area contributed by atoms with Crippen molar-refractivity contribution in [1.82, 2.24) is 14.4 Å². The number of fused-ring (bicyclic) bond motifs is 2. The Balaban J connectivity index is 1.69. The van der Waals surface area contributed by atoms with Gasteiger partial charge in [0.25, 0.3) is 0 Å². The van der Waals surface area contributed by atoms with Gasteiger partial charge in [0.2, 0.25) is 0 Å². The molecule has 0 atom stereocenters. The Morgan fingerprint density at radius 2 is 2.05 bits per heavy atom. The third-order valence-electron chi connectivity index (χ3n) is 3.42. The number of H-pyrrole nitrogens is 1. The minimum atomic E-state index is 0.945. The summed E-state index contributed by atoms with van der Waals surface area (Å²) in [4.78, 5) is 7.94. The molecule has 0 aliphatic carbocycles. The third kappa shape index (κ3) is 2.38. The Hall–Kier alpha value is -2.33. The number of hydrogen-bond acceptors (Lipinski definition) is 1. The standard InChI is InChI=1S/C17H12BrN3/c18-13-5-4-12-9-14(19-16(12)10-13)6-7-15-11-21-8-2-1-3-17(21)20-15/h1-11,19H/b7-6+. The lowest BCUT2D eigenvalue weighted by molar-refractivity contribution is 1.19. The van der Waals surface area contributed by atoms with Crippen LogP contribution in [0.4, 0.5) is 0 Å². The van der Waals surface area contributed by atoms with Gasteiger partial charge in [-0.05, 0) is 42.5 Å². The van der Waals surface area contributed by atoms with Gasteiger partial charge in [0, 0.05) is 33.5 Å². The Kier molecular flexibility index (Phi) is 2.89. The number of rotatable bonds is 2. The van der Waals surface area contributed by atoms with E-state index in [4.69, 9.17) is 0 Å². The topological polar surface area (TPSA) is 33.1 Å². The first kappa shape index (κ1) is 12.4. The van der Waals surface area contributed by atoms with Crippen molar-refractivity contribution < 1.29 is 0 Å². The van der Waals surface area contributed by atoms with Crippen molar-refractivity contribution in [2.24, 2.45) is 0 Å². The zero-order chi connectivity index (χ0) is 14.2. The molecule has 1 N–H and O–H groups in total. The fourth-order valence-corrected chi connectivity index (χ4v) is 2.78. The minimum absolute atomic E-state index is 0.945. The van der Waals surface area contributed by atoms with Crippen molar-refractivity contribution in [2.45, 2.75) is 0 Å². The van der Waals surface area contributed by atoms with Crippen LogP contribution in [0.3, 0.4) is 0 Å². The van der Waals surface area contributed by atoms with Crippen molar-refractivity contribution in [3.63, 3.8) is 0 Å². The predicted octanol–water partition coefficient (Wildman–Crippen LogP) is 4.75. The zero-order valence-corrected chi connectivity index (χ0v) is 12.7. The molecule has 1 aromatic carbocycles. The minimum Gasteiger partial charge on any atom is -0.355 e. The van der Waals surface area contributed by atoms with E-state index in [-0.39, 0.29) is 0 Å². The highest BCUT2D eigenvalue weighted by molar-refractivity contribution is 9.10. The number of imidazole rings is 1. The summed E-state index contributed by atoms with van der Waals surface area (Å²) in [7, 11) is 0. The van der Waals surface area contributed by atoms with Crippen LogP contribution in [-0.4, -0.2) is 14.4 Å². The number of benzene rings is 1. The van der Waals surface area contributed by atoms with Gasteiger partial charge >= 0.3 is 0 Å². The monoisotopic (exact) mass is 337 g/mol. The summed E-state index contributed by atoms with van der Waals surface area (Å²) in [6, 6.07) is 14.3. The van der Waals surface area contributed by atoms with E-state index in [1.165, 1.54) is 5.39 Å². The van der Waals surface area contributed by atoms with Crippen molar-refractivity contribution >= 4 is 44.6 Å². The average molecular weight is 338 g/mol. The van der Waals surface area contributed by atoms with Crippen molar-refractivity contribution in [3.05, 3.63) is 70.7 Å². The SMILES string of the molecule is Brc1ccc2cc(/C=C/c3cn4ccccc4n3)[nH]c2c1. The lowest BCUT2D eigenvalue weighted by Gasteiger charge is -1.89. The molecule has 3 heterocycles. The average Bonchev–Trinajstić information content (AvgIpc) is 3.07. The molecule has 0 radical (unpaired) electrons. The van der Waals surface area contributed by atoms with Gasteiger partial charge in [0.05, 0.1) is 5.69 Å². The lowest BCUT2D eigenvalue weighted by atomic mass is 10.2. The molecule has 3 aromatic heterocycles. The predicted molar refractivity (Wildman–Crippen MR) is 90.1 cm³/mol. The molecule has 0 aliphatic heterocycles. The highest BCUT2D eigenvalue weighted by Crippen LogP contribution is 2.21. The molecule has 0 amide bonds. The number of nitrogens with zero attached hydrogens (tertiary/aromatic N) is 2. The molecular formula is C17H12BrN3. The first-order chi connectivity index (χ1) is 10.3. The Morgan fingerprint density at radius 1 is 1.10 bits per heavy atom. The summed E-state index contributed by atoms with van der Waals surface area (Å²) in [5.74, 6) is 0. The third-order valence-corrected chi connectivity index (χ3v) is 3.91. The van der Waals surface area contributed by atoms with Crippen LogP contribution in [0.25, 0.3) is 28.7 Å². The number of pyridine rings is 1. The summed E-state index contributed by atoms with van der Waals surface area (Å²) in [6.45, 7) is 0. The number of aromatic amines is 1. The van der Waals surface area contributed by atoms with Gasteiger partial charge in [0.15, 0.2) is 0 Å². The number of halogens is 1. The van der Waals surface area contributed by atoms with Crippen LogP contribution in [0, 0.1) is 0 Å². The van der Waals surface area contributed by atoms with E-state index in [2.05, 4.69) is 50.2 Å².